The molecule has 1 unspecified atom stereocenters. The van der Waals surface area contributed by atoms with E-state index >= 15 is 0 Å². The molecule has 2 aliphatic rings. The van der Waals surface area contributed by atoms with E-state index in [1.807, 2.05) is 35.3 Å². The molecule has 21 heavy (non-hydrogen) atoms. The predicted molar refractivity (Wildman–Crippen MR) is 80.8 cm³/mol. The summed E-state index contributed by atoms with van der Waals surface area (Å²) >= 11 is 0. The molecule has 0 fully saturated rings. The van der Waals surface area contributed by atoms with Crippen LogP contribution >= 0.6 is 7.60 Å². The van der Waals surface area contributed by atoms with Crippen molar-refractivity contribution in [2.75, 3.05) is 25.7 Å². The lowest BCUT2D eigenvalue weighted by Gasteiger charge is -2.40. The van der Waals surface area contributed by atoms with E-state index < -0.39 is 12.9 Å². The first-order valence-corrected chi connectivity index (χ1v) is 8.43. The van der Waals surface area contributed by atoms with Crippen molar-refractivity contribution in [2.45, 2.75) is 18.1 Å². The van der Waals surface area contributed by atoms with Crippen LogP contribution in [0.3, 0.4) is 0 Å². The predicted octanol–water partition coefficient (Wildman–Crippen LogP) is 3.22. The zero-order valence-corrected chi connectivity index (χ0v) is 13.0. The van der Waals surface area contributed by atoms with Crippen LogP contribution in [0.15, 0.2) is 36.4 Å². The molecule has 0 amide bonds. The second kappa shape index (κ2) is 5.09. The summed E-state index contributed by atoms with van der Waals surface area (Å²) in [5.41, 5.74) is 1.39. The lowest BCUT2D eigenvalue weighted by molar-refractivity contribution is 0.0926. The average Bonchev–Trinajstić information content (AvgIpc) is 2.69. The van der Waals surface area contributed by atoms with Crippen molar-refractivity contribution in [3.8, 4) is 0 Å². The topological polar surface area (TPSA) is 55.8 Å². The van der Waals surface area contributed by atoms with Crippen molar-refractivity contribution in [3.05, 3.63) is 42.0 Å². The fourth-order valence-corrected chi connectivity index (χ4v) is 5.23. The molecular weight excluding hydrogens is 289 g/mol. The third-order valence-electron chi connectivity index (χ3n) is 4.27. The normalized spacial score (nSPS) is 24.7. The molecule has 2 aliphatic heterocycles. The third kappa shape index (κ3) is 1.78. The van der Waals surface area contributed by atoms with Gasteiger partial charge in [-0.2, -0.15) is 0 Å². The Hall–Kier alpha value is -1.42. The van der Waals surface area contributed by atoms with Crippen LogP contribution in [0.2, 0.25) is 0 Å². The summed E-state index contributed by atoms with van der Waals surface area (Å²) in [5.74, 6) is -0.184. The molecule has 0 radical (unpaired) electrons. The minimum absolute atomic E-state index is 0.184. The highest BCUT2D eigenvalue weighted by Crippen LogP contribution is 2.66. The van der Waals surface area contributed by atoms with Crippen LogP contribution in [0.5, 0.6) is 0 Å². The number of benzene rings is 1. The maximum atomic E-state index is 13.2. The molecular formula is C15H18NO4P. The Labute approximate surface area is 124 Å². The first-order chi connectivity index (χ1) is 10.1. The molecule has 2 heterocycles. The number of hydrogen-bond acceptors (Lipinski definition) is 5. The van der Waals surface area contributed by atoms with Crippen molar-refractivity contribution in [1.82, 2.24) is 0 Å². The number of hydrogen-bond donors (Lipinski definition) is 0. The maximum absolute atomic E-state index is 13.2. The summed E-state index contributed by atoms with van der Waals surface area (Å²) in [6.45, 7) is 0.607. The molecule has 1 aromatic carbocycles. The van der Waals surface area contributed by atoms with Crippen molar-refractivity contribution in [3.63, 3.8) is 0 Å². The van der Waals surface area contributed by atoms with Crippen LogP contribution in [0.1, 0.15) is 23.2 Å². The Morgan fingerprint density at radius 3 is 2.62 bits per heavy atom. The SMILES string of the molecule is COP(=O)(OC)C12CC=CCCN1c1ccccc1C2=O. The van der Waals surface area contributed by atoms with Crippen LogP contribution in [0, 0.1) is 0 Å². The van der Waals surface area contributed by atoms with Crippen LogP contribution in [0.4, 0.5) is 5.69 Å². The van der Waals surface area contributed by atoms with Gasteiger partial charge in [-0.05, 0) is 18.6 Å². The first kappa shape index (κ1) is 14.5. The molecule has 5 nitrogen and oxygen atoms in total. The van der Waals surface area contributed by atoms with Gasteiger partial charge in [0, 0.05) is 38.4 Å². The molecule has 0 aliphatic carbocycles. The molecule has 0 saturated carbocycles. The Bertz CT molecular complexity index is 649. The molecule has 6 heteroatoms. The third-order valence-corrected chi connectivity index (χ3v) is 6.77. The van der Waals surface area contributed by atoms with Gasteiger partial charge in [-0.25, -0.2) is 0 Å². The van der Waals surface area contributed by atoms with E-state index in [4.69, 9.17) is 9.05 Å². The van der Waals surface area contributed by atoms with Crippen molar-refractivity contribution < 1.29 is 18.4 Å². The van der Waals surface area contributed by atoms with Gasteiger partial charge in [0.15, 0.2) is 0 Å². The summed E-state index contributed by atoms with van der Waals surface area (Å²) < 4.78 is 23.7. The Balaban J connectivity index is 2.26. The quantitative estimate of drug-likeness (QED) is 0.634. The lowest BCUT2D eigenvalue weighted by atomic mass is 10.1. The first-order valence-electron chi connectivity index (χ1n) is 6.89. The van der Waals surface area contributed by atoms with E-state index in [0.717, 1.165) is 12.1 Å². The van der Waals surface area contributed by atoms with Crippen molar-refractivity contribution >= 4 is 19.1 Å². The van der Waals surface area contributed by atoms with E-state index in [1.165, 1.54) is 14.2 Å². The molecule has 1 atom stereocenters. The number of ketones is 1. The van der Waals surface area contributed by atoms with Gasteiger partial charge in [0.2, 0.25) is 11.1 Å². The van der Waals surface area contributed by atoms with Crippen molar-refractivity contribution in [1.29, 1.82) is 0 Å². The largest absolute Gasteiger partial charge is 0.363 e. The lowest BCUT2D eigenvalue weighted by Crippen LogP contribution is -2.50. The molecule has 1 aromatic rings. The van der Waals surface area contributed by atoms with Crippen LogP contribution in [0.25, 0.3) is 0 Å². The smallest absolute Gasteiger partial charge is 0.347 e. The van der Waals surface area contributed by atoms with Gasteiger partial charge in [-0.3, -0.25) is 9.36 Å². The van der Waals surface area contributed by atoms with Crippen molar-refractivity contribution in [2.24, 2.45) is 0 Å². The number of rotatable bonds is 3. The highest BCUT2D eigenvalue weighted by atomic mass is 31.2. The molecule has 0 saturated heterocycles. The second-order valence-electron chi connectivity index (χ2n) is 5.14. The van der Waals surface area contributed by atoms with E-state index in [9.17, 15) is 9.36 Å². The van der Waals surface area contributed by atoms with Crippen LogP contribution < -0.4 is 4.90 Å². The summed E-state index contributed by atoms with van der Waals surface area (Å²) in [7, 11) is -0.952. The number of fused-ring (bicyclic) bond motifs is 3. The summed E-state index contributed by atoms with van der Waals surface area (Å²) in [4.78, 5) is 15.0. The Morgan fingerprint density at radius 1 is 1.19 bits per heavy atom. The number of anilines is 1. The van der Waals surface area contributed by atoms with E-state index in [0.29, 0.717) is 18.5 Å². The van der Waals surface area contributed by atoms with Gasteiger partial charge in [-0.15, -0.1) is 0 Å². The molecule has 0 aromatic heterocycles. The van der Waals surface area contributed by atoms with Gasteiger partial charge in [-0.1, -0.05) is 24.3 Å². The maximum Gasteiger partial charge on any atom is 0.363 e. The van der Waals surface area contributed by atoms with Crippen LogP contribution in [-0.2, 0) is 13.6 Å². The monoisotopic (exact) mass is 307 g/mol. The van der Waals surface area contributed by atoms with Gasteiger partial charge in [0.05, 0.1) is 0 Å². The Kier molecular flexibility index (Phi) is 3.52. The number of nitrogens with zero attached hydrogens (tertiary/aromatic N) is 1. The van der Waals surface area contributed by atoms with Gasteiger partial charge >= 0.3 is 7.60 Å². The molecule has 0 N–H and O–H groups in total. The molecule has 3 rings (SSSR count). The summed E-state index contributed by atoms with van der Waals surface area (Å²) in [5, 5.41) is -1.28. The highest BCUT2D eigenvalue weighted by molar-refractivity contribution is 7.57. The number of para-hydroxylation sites is 1. The zero-order valence-electron chi connectivity index (χ0n) is 12.1. The minimum atomic E-state index is -3.62. The Morgan fingerprint density at radius 2 is 1.90 bits per heavy atom. The van der Waals surface area contributed by atoms with Crippen LogP contribution in [-0.4, -0.2) is 31.8 Å². The van der Waals surface area contributed by atoms with Gasteiger partial charge < -0.3 is 13.9 Å². The summed E-state index contributed by atoms with van der Waals surface area (Å²) in [6.07, 6.45) is 5.01. The average molecular weight is 307 g/mol. The van der Waals surface area contributed by atoms with E-state index in [1.54, 1.807) is 6.07 Å². The van der Waals surface area contributed by atoms with Gasteiger partial charge in [0.25, 0.3) is 0 Å². The second-order valence-corrected chi connectivity index (χ2v) is 7.61. The molecule has 0 bridgehead atoms. The van der Waals surface area contributed by atoms with E-state index in [2.05, 4.69) is 0 Å². The minimum Gasteiger partial charge on any atom is -0.347 e. The van der Waals surface area contributed by atoms with E-state index in [-0.39, 0.29) is 5.78 Å². The number of Topliss-reactive ketones (excluding diaryl/α,β-unsaturated/α-hetero) is 1. The fraction of sp³-hybridized carbons (Fsp3) is 0.400. The molecule has 112 valence electrons. The summed E-state index contributed by atoms with van der Waals surface area (Å²) in [6, 6.07) is 7.35. The number of carbonyl (C=O) groups is 1. The zero-order chi connectivity index (χ0) is 15.1. The standard InChI is InChI=1S/C15H18NO4P/c1-19-21(18,20-2)15-10-6-3-7-11-16(15)13-9-5-4-8-12(13)14(15)17/h3-6,8-9H,7,10-11H2,1-2H3. The fourth-order valence-electron chi connectivity index (χ4n) is 3.28. The van der Waals surface area contributed by atoms with Gasteiger partial charge in [0.1, 0.15) is 0 Å². The number of carbonyl (C=O) groups excluding carboxylic acids is 1. The highest BCUT2D eigenvalue weighted by Gasteiger charge is 2.63. The molecule has 0 spiro atoms.